The molecule has 2 aromatic carbocycles. The first-order chi connectivity index (χ1) is 10.1. The van der Waals surface area contributed by atoms with E-state index in [0.717, 1.165) is 11.3 Å². The molecule has 1 atom stereocenters. The summed E-state index contributed by atoms with van der Waals surface area (Å²) in [7, 11) is 1.60. The van der Waals surface area contributed by atoms with Crippen LogP contribution in [0.2, 0.25) is 0 Å². The molecule has 2 rings (SSSR count). The molecule has 0 aliphatic carbocycles. The van der Waals surface area contributed by atoms with E-state index in [1.807, 2.05) is 24.3 Å². The lowest BCUT2D eigenvalue weighted by Crippen LogP contribution is -2.35. The third kappa shape index (κ3) is 3.73. The molecular formula is C17H17FN2O. The summed E-state index contributed by atoms with van der Waals surface area (Å²) in [6, 6.07) is 15.9. The van der Waals surface area contributed by atoms with Crippen LogP contribution in [0, 0.1) is 17.1 Å². The third-order valence-corrected chi connectivity index (χ3v) is 3.23. The lowest BCUT2D eigenvalue weighted by molar-refractivity contribution is 0.407. The zero-order valence-electron chi connectivity index (χ0n) is 12.1. The number of methoxy groups -OCH3 is 1. The number of nitrogens with zero attached hydrogens (tertiary/aromatic N) is 1. The minimum atomic E-state index is -0.859. The Morgan fingerprint density at radius 1 is 1.24 bits per heavy atom. The van der Waals surface area contributed by atoms with E-state index >= 15 is 0 Å². The van der Waals surface area contributed by atoms with Gasteiger partial charge < -0.3 is 10.1 Å². The number of benzene rings is 2. The lowest BCUT2D eigenvalue weighted by Gasteiger charge is -2.25. The van der Waals surface area contributed by atoms with Crippen molar-refractivity contribution in [3.63, 3.8) is 0 Å². The highest BCUT2D eigenvalue weighted by atomic mass is 19.1. The van der Waals surface area contributed by atoms with Crippen molar-refractivity contribution in [3.8, 4) is 11.8 Å². The minimum Gasteiger partial charge on any atom is -0.496 e. The highest BCUT2D eigenvalue weighted by molar-refractivity contribution is 5.49. The van der Waals surface area contributed by atoms with Crippen LogP contribution in [0.3, 0.4) is 0 Å². The van der Waals surface area contributed by atoms with Gasteiger partial charge in [0.05, 0.1) is 13.2 Å². The Kier molecular flexibility index (Phi) is 4.44. The van der Waals surface area contributed by atoms with E-state index in [1.54, 1.807) is 26.2 Å². The Labute approximate surface area is 124 Å². The van der Waals surface area contributed by atoms with Crippen molar-refractivity contribution in [3.05, 3.63) is 59.9 Å². The van der Waals surface area contributed by atoms with Crippen LogP contribution in [0.25, 0.3) is 0 Å². The molecule has 0 saturated heterocycles. The van der Waals surface area contributed by atoms with Gasteiger partial charge in [0.25, 0.3) is 0 Å². The zero-order valence-corrected chi connectivity index (χ0v) is 12.1. The van der Waals surface area contributed by atoms with Crippen LogP contribution in [-0.4, -0.2) is 12.6 Å². The van der Waals surface area contributed by atoms with Gasteiger partial charge in [-0.3, -0.25) is 0 Å². The number of nitriles is 1. The van der Waals surface area contributed by atoms with Gasteiger partial charge in [-0.25, -0.2) is 4.39 Å². The van der Waals surface area contributed by atoms with Gasteiger partial charge in [0, 0.05) is 12.1 Å². The van der Waals surface area contributed by atoms with Crippen LogP contribution >= 0.6 is 0 Å². The second kappa shape index (κ2) is 6.27. The SMILES string of the molecule is COc1ccccc1CC(C)(C#N)Nc1cccc(F)c1. The number of hydrogen-bond acceptors (Lipinski definition) is 3. The number of ether oxygens (including phenoxy) is 1. The van der Waals surface area contributed by atoms with Crippen molar-refractivity contribution in [2.45, 2.75) is 18.9 Å². The topological polar surface area (TPSA) is 45.0 Å². The molecule has 0 aliphatic rings. The maximum atomic E-state index is 13.2. The number of rotatable bonds is 5. The summed E-state index contributed by atoms with van der Waals surface area (Å²) in [5.74, 6) is 0.401. The predicted octanol–water partition coefficient (Wildman–Crippen LogP) is 3.77. The number of nitrogens with one attached hydrogen (secondary N) is 1. The number of hydrogen-bond donors (Lipinski definition) is 1. The van der Waals surface area contributed by atoms with Crippen molar-refractivity contribution in [1.29, 1.82) is 5.26 Å². The number of anilines is 1. The summed E-state index contributed by atoms with van der Waals surface area (Å²) >= 11 is 0. The molecule has 0 aromatic heterocycles. The average molecular weight is 284 g/mol. The Morgan fingerprint density at radius 3 is 2.67 bits per heavy atom. The van der Waals surface area contributed by atoms with E-state index < -0.39 is 5.54 Å². The second-order valence-corrected chi connectivity index (χ2v) is 5.07. The predicted molar refractivity (Wildman–Crippen MR) is 80.7 cm³/mol. The van der Waals surface area contributed by atoms with Crippen molar-refractivity contribution in [2.75, 3.05) is 12.4 Å². The molecule has 0 saturated carbocycles. The summed E-state index contributed by atoms with van der Waals surface area (Å²) in [6.45, 7) is 1.78. The molecule has 0 heterocycles. The molecule has 0 radical (unpaired) electrons. The normalized spacial score (nSPS) is 13.0. The van der Waals surface area contributed by atoms with E-state index in [1.165, 1.54) is 12.1 Å². The van der Waals surface area contributed by atoms with E-state index in [0.29, 0.717) is 12.1 Å². The lowest BCUT2D eigenvalue weighted by atomic mass is 9.93. The van der Waals surface area contributed by atoms with Gasteiger partial charge in [-0.2, -0.15) is 5.26 Å². The molecule has 0 fully saturated rings. The summed E-state index contributed by atoms with van der Waals surface area (Å²) in [5.41, 5.74) is 0.643. The molecular weight excluding hydrogens is 267 g/mol. The van der Waals surface area contributed by atoms with E-state index in [4.69, 9.17) is 4.74 Å². The van der Waals surface area contributed by atoms with Crippen LogP contribution in [0.5, 0.6) is 5.75 Å². The molecule has 0 bridgehead atoms. The monoisotopic (exact) mass is 284 g/mol. The fourth-order valence-electron chi connectivity index (χ4n) is 2.23. The maximum absolute atomic E-state index is 13.2. The van der Waals surface area contributed by atoms with Gasteiger partial charge in [0.15, 0.2) is 0 Å². The molecule has 0 aliphatic heterocycles. The molecule has 2 aromatic rings. The summed E-state index contributed by atoms with van der Waals surface area (Å²) in [5, 5.41) is 12.6. The first kappa shape index (κ1) is 14.9. The molecule has 4 heteroatoms. The summed E-state index contributed by atoms with van der Waals surface area (Å²) < 4.78 is 18.6. The van der Waals surface area contributed by atoms with Crippen molar-refractivity contribution >= 4 is 5.69 Å². The van der Waals surface area contributed by atoms with Gasteiger partial charge in [0.1, 0.15) is 17.1 Å². The molecule has 108 valence electrons. The maximum Gasteiger partial charge on any atom is 0.126 e. The van der Waals surface area contributed by atoms with Gasteiger partial charge in [-0.1, -0.05) is 24.3 Å². The number of para-hydroxylation sites is 1. The van der Waals surface area contributed by atoms with Crippen LogP contribution in [0.15, 0.2) is 48.5 Å². The standard InChI is InChI=1S/C17H17FN2O/c1-17(12-19,20-15-8-5-7-14(18)10-15)11-13-6-3-4-9-16(13)21-2/h3-10,20H,11H2,1-2H3. The number of halogens is 1. The van der Waals surface area contributed by atoms with Crippen molar-refractivity contribution < 1.29 is 9.13 Å². The first-order valence-electron chi connectivity index (χ1n) is 6.63. The van der Waals surface area contributed by atoms with Crippen molar-refractivity contribution in [2.24, 2.45) is 0 Å². The second-order valence-electron chi connectivity index (χ2n) is 5.07. The highest BCUT2D eigenvalue weighted by Gasteiger charge is 2.25. The Morgan fingerprint density at radius 2 is 2.00 bits per heavy atom. The van der Waals surface area contributed by atoms with Gasteiger partial charge in [-0.15, -0.1) is 0 Å². The zero-order chi connectivity index (χ0) is 15.3. The fourth-order valence-corrected chi connectivity index (χ4v) is 2.23. The van der Waals surface area contributed by atoms with Crippen molar-refractivity contribution in [1.82, 2.24) is 0 Å². The van der Waals surface area contributed by atoms with Crippen LogP contribution in [-0.2, 0) is 6.42 Å². The quantitative estimate of drug-likeness (QED) is 0.909. The van der Waals surface area contributed by atoms with Crippen LogP contribution in [0.1, 0.15) is 12.5 Å². The van der Waals surface area contributed by atoms with E-state index in [9.17, 15) is 9.65 Å². The Balaban J connectivity index is 2.24. The third-order valence-electron chi connectivity index (χ3n) is 3.23. The first-order valence-corrected chi connectivity index (χ1v) is 6.63. The molecule has 1 unspecified atom stereocenters. The summed E-state index contributed by atoms with van der Waals surface area (Å²) in [6.07, 6.45) is 0.448. The average Bonchev–Trinajstić information content (AvgIpc) is 2.47. The largest absolute Gasteiger partial charge is 0.496 e. The molecule has 0 spiro atoms. The smallest absolute Gasteiger partial charge is 0.126 e. The molecule has 1 N–H and O–H groups in total. The molecule has 3 nitrogen and oxygen atoms in total. The Hall–Kier alpha value is -2.54. The minimum absolute atomic E-state index is 0.336. The molecule has 21 heavy (non-hydrogen) atoms. The van der Waals surface area contributed by atoms with E-state index in [2.05, 4.69) is 11.4 Å². The highest BCUT2D eigenvalue weighted by Crippen LogP contribution is 2.25. The summed E-state index contributed by atoms with van der Waals surface area (Å²) in [4.78, 5) is 0. The Bertz CT molecular complexity index is 666. The van der Waals surface area contributed by atoms with Gasteiger partial charge in [0.2, 0.25) is 0 Å². The van der Waals surface area contributed by atoms with E-state index in [-0.39, 0.29) is 5.82 Å². The van der Waals surface area contributed by atoms with Gasteiger partial charge >= 0.3 is 0 Å². The fraction of sp³-hybridized carbons (Fsp3) is 0.235. The molecule has 0 amide bonds. The van der Waals surface area contributed by atoms with Crippen LogP contribution in [0.4, 0.5) is 10.1 Å². The van der Waals surface area contributed by atoms with Gasteiger partial charge in [-0.05, 0) is 36.8 Å². The van der Waals surface area contributed by atoms with Crippen LogP contribution < -0.4 is 10.1 Å².